The lowest BCUT2D eigenvalue weighted by Gasteiger charge is -2.05. The molecule has 32 heavy (non-hydrogen) atoms. The Kier molecular flexibility index (Phi) is 5.09. The Hall–Kier alpha value is -4.46. The summed E-state index contributed by atoms with van der Waals surface area (Å²) in [7, 11) is 3.19. The van der Waals surface area contributed by atoms with Crippen LogP contribution in [0.3, 0.4) is 0 Å². The fourth-order valence-electron chi connectivity index (χ4n) is 3.25. The zero-order valence-electron chi connectivity index (χ0n) is 17.5. The van der Waals surface area contributed by atoms with E-state index in [0.29, 0.717) is 23.3 Å². The predicted molar refractivity (Wildman–Crippen MR) is 121 cm³/mol. The van der Waals surface area contributed by atoms with E-state index >= 15 is 0 Å². The minimum absolute atomic E-state index is 0.441. The minimum Gasteiger partial charge on any atom is -0.493 e. The SMILES string of the molecule is COc1cc2nn(-c3ccc(C=Cc4nnc(-c5ccccc5)o4)cc3)nc2cc1OC. The summed E-state index contributed by atoms with van der Waals surface area (Å²) in [5.74, 6) is 2.16. The number of hydrogen-bond acceptors (Lipinski definition) is 7. The van der Waals surface area contributed by atoms with Gasteiger partial charge in [0.2, 0.25) is 11.8 Å². The van der Waals surface area contributed by atoms with Gasteiger partial charge in [-0.15, -0.1) is 20.4 Å². The first-order chi connectivity index (χ1) is 15.7. The van der Waals surface area contributed by atoms with E-state index in [-0.39, 0.29) is 0 Å². The molecule has 0 atom stereocenters. The molecule has 0 saturated heterocycles. The maximum absolute atomic E-state index is 5.70. The first kappa shape index (κ1) is 19.5. The second kappa shape index (κ2) is 8.35. The molecule has 0 amide bonds. The highest BCUT2D eigenvalue weighted by Gasteiger charge is 2.11. The molecule has 0 aliphatic carbocycles. The normalized spacial score (nSPS) is 11.3. The Labute approximate surface area is 183 Å². The van der Waals surface area contributed by atoms with Gasteiger partial charge in [0.05, 0.1) is 19.9 Å². The Morgan fingerprint density at radius 3 is 2.06 bits per heavy atom. The van der Waals surface area contributed by atoms with E-state index in [9.17, 15) is 0 Å². The second-order valence-corrected chi connectivity index (χ2v) is 6.92. The summed E-state index contributed by atoms with van der Waals surface area (Å²) in [6.07, 6.45) is 3.70. The quantitative estimate of drug-likeness (QED) is 0.391. The van der Waals surface area contributed by atoms with Crippen molar-refractivity contribution in [2.45, 2.75) is 0 Å². The lowest BCUT2D eigenvalue weighted by Crippen LogP contribution is -1.97. The molecule has 2 aromatic heterocycles. The molecule has 0 spiro atoms. The van der Waals surface area contributed by atoms with Gasteiger partial charge in [0.1, 0.15) is 11.0 Å². The summed E-state index contributed by atoms with van der Waals surface area (Å²) in [5.41, 5.74) is 4.14. The van der Waals surface area contributed by atoms with E-state index in [1.807, 2.05) is 72.8 Å². The van der Waals surface area contributed by atoms with Crippen molar-refractivity contribution in [3.63, 3.8) is 0 Å². The molecule has 0 N–H and O–H groups in total. The zero-order chi connectivity index (χ0) is 21.9. The first-order valence-corrected chi connectivity index (χ1v) is 9.90. The van der Waals surface area contributed by atoms with Gasteiger partial charge in [-0.1, -0.05) is 30.3 Å². The van der Waals surface area contributed by atoms with Crippen LogP contribution in [0.25, 0.3) is 40.3 Å². The predicted octanol–water partition coefficient (Wildman–Crippen LogP) is 4.66. The van der Waals surface area contributed by atoms with Gasteiger partial charge in [-0.3, -0.25) is 0 Å². The fraction of sp³-hybridized carbons (Fsp3) is 0.0833. The van der Waals surface area contributed by atoms with Gasteiger partial charge < -0.3 is 13.9 Å². The minimum atomic E-state index is 0.441. The third-order valence-electron chi connectivity index (χ3n) is 4.89. The van der Waals surface area contributed by atoms with Gasteiger partial charge in [-0.2, -0.15) is 4.80 Å². The van der Waals surface area contributed by atoms with Gasteiger partial charge in [0, 0.05) is 23.8 Å². The van der Waals surface area contributed by atoms with Crippen molar-refractivity contribution in [3.8, 4) is 28.6 Å². The van der Waals surface area contributed by atoms with Gasteiger partial charge >= 0.3 is 0 Å². The molecule has 0 saturated carbocycles. The molecule has 0 fully saturated rings. The number of ether oxygens (including phenoxy) is 2. The molecular weight excluding hydrogens is 406 g/mol. The molecule has 3 aromatic carbocycles. The molecule has 2 heterocycles. The van der Waals surface area contributed by atoms with Crippen molar-refractivity contribution in [2.24, 2.45) is 0 Å². The highest BCUT2D eigenvalue weighted by atomic mass is 16.5. The standard InChI is InChI=1S/C24H19N5O3/c1-30-21-14-19-20(15-22(21)31-2)28-29(27-19)18-11-8-16(9-12-18)10-13-23-25-26-24(32-23)17-6-4-3-5-7-17/h3-15H,1-2H3. The number of nitrogens with zero attached hydrogens (tertiary/aromatic N) is 5. The van der Waals surface area contributed by atoms with Crippen molar-refractivity contribution < 1.29 is 13.9 Å². The van der Waals surface area contributed by atoms with Crippen LogP contribution >= 0.6 is 0 Å². The molecule has 0 bridgehead atoms. The summed E-state index contributed by atoms with van der Waals surface area (Å²) in [5, 5.41) is 17.3. The summed E-state index contributed by atoms with van der Waals surface area (Å²) < 4.78 is 16.4. The van der Waals surface area contributed by atoms with Crippen LogP contribution in [0.5, 0.6) is 11.5 Å². The molecule has 0 unspecified atom stereocenters. The lowest BCUT2D eigenvalue weighted by molar-refractivity contribution is 0.356. The first-order valence-electron chi connectivity index (χ1n) is 9.90. The van der Waals surface area contributed by atoms with Gasteiger partial charge in [0.15, 0.2) is 11.5 Å². The molecule has 5 rings (SSSR count). The number of benzene rings is 3. The van der Waals surface area contributed by atoms with Crippen LogP contribution in [0, 0.1) is 0 Å². The lowest BCUT2D eigenvalue weighted by atomic mass is 10.2. The largest absolute Gasteiger partial charge is 0.493 e. The van der Waals surface area contributed by atoms with E-state index < -0.39 is 0 Å². The fourth-order valence-corrected chi connectivity index (χ4v) is 3.25. The number of rotatable bonds is 6. The molecule has 0 aliphatic heterocycles. The molecule has 8 nitrogen and oxygen atoms in total. The van der Waals surface area contributed by atoms with Crippen LogP contribution < -0.4 is 9.47 Å². The second-order valence-electron chi connectivity index (χ2n) is 6.92. The maximum atomic E-state index is 5.70. The third kappa shape index (κ3) is 3.81. The number of hydrogen-bond donors (Lipinski definition) is 0. The summed E-state index contributed by atoms with van der Waals surface area (Å²) >= 11 is 0. The van der Waals surface area contributed by atoms with Crippen LogP contribution in [0.2, 0.25) is 0 Å². The van der Waals surface area contributed by atoms with Crippen molar-refractivity contribution >= 4 is 23.2 Å². The Morgan fingerprint density at radius 1 is 0.781 bits per heavy atom. The molecule has 5 aromatic rings. The molecule has 0 radical (unpaired) electrons. The van der Waals surface area contributed by atoms with Crippen molar-refractivity contribution in [1.82, 2.24) is 25.2 Å². The van der Waals surface area contributed by atoms with E-state index in [1.54, 1.807) is 25.1 Å². The zero-order valence-corrected chi connectivity index (χ0v) is 17.5. The number of aromatic nitrogens is 5. The molecule has 8 heteroatoms. The molecular formula is C24H19N5O3. The summed E-state index contributed by atoms with van der Waals surface area (Å²) in [6.45, 7) is 0. The average molecular weight is 425 g/mol. The smallest absolute Gasteiger partial charge is 0.248 e. The van der Waals surface area contributed by atoms with Crippen molar-refractivity contribution in [2.75, 3.05) is 14.2 Å². The van der Waals surface area contributed by atoms with Gasteiger partial charge in [-0.25, -0.2) is 0 Å². The van der Waals surface area contributed by atoms with E-state index in [1.165, 1.54) is 0 Å². The van der Waals surface area contributed by atoms with Crippen LogP contribution in [-0.2, 0) is 0 Å². The van der Waals surface area contributed by atoms with Crippen LogP contribution in [0.15, 0.2) is 71.1 Å². The summed E-state index contributed by atoms with van der Waals surface area (Å²) in [6, 6.07) is 21.1. The highest BCUT2D eigenvalue weighted by molar-refractivity contribution is 5.79. The van der Waals surface area contributed by atoms with Crippen LogP contribution in [0.4, 0.5) is 0 Å². The number of methoxy groups -OCH3 is 2. The van der Waals surface area contributed by atoms with E-state index in [4.69, 9.17) is 13.9 Å². The highest BCUT2D eigenvalue weighted by Crippen LogP contribution is 2.30. The Morgan fingerprint density at radius 2 is 1.44 bits per heavy atom. The number of fused-ring (bicyclic) bond motifs is 1. The van der Waals surface area contributed by atoms with Crippen LogP contribution in [0.1, 0.15) is 11.5 Å². The maximum Gasteiger partial charge on any atom is 0.248 e. The van der Waals surface area contributed by atoms with E-state index in [2.05, 4.69) is 20.4 Å². The topological polar surface area (TPSA) is 88.1 Å². The summed E-state index contributed by atoms with van der Waals surface area (Å²) in [4.78, 5) is 1.58. The van der Waals surface area contributed by atoms with Crippen molar-refractivity contribution in [1.29, 1.82) is 0 Å². The third-order valence-corrected chi connectivity index (χ3v) is 4.89. The monoisotopic (exact) mass is 425 g/mol. The molecule has 158 valence electrons. The van der Waals surface area contributed by atoms with E-state index in [0.717, 1.165) is 27.8 Å². The van der Waals surface area contributed by atoms with Gasteiger partial charge in [-0.05, 0) is 35.9 Å². The Balaban J connectivity index is 1.35. The van der Waals surface area contributed by atoms with Crippen LogP contribution in [-0.4, -0.2) is 39.4 Å². The van der Waals surface area contributed by atoms with Crippen molar-refractivity contribution in [3.05, 3.63) is 78.2 Å². The Bertz CT molecular complexity index is 1350. The average Bonchev–Trinajstić information content (AvgIpc) is 3.49. The molecule has 0 aliphatic rings. The van der Waals surface area contributed by atoms with Gasteiger partial charge in [0.25, 0.3) is 0 Å².